The van der Waals surface area contributed by atoms with Gasteiger partial charge in [-0.15, -0.1) is 23.1 Å². The number of carbonyl (C=O) groups excluding carboxylic acids is 3. The molecule has 3 rings (SSSR count). The molecule has 2 amide bonds. The van der Waals surface area contributed by atoms with Gasteiger partial charge in [-0.05, 0) is 6.92 Å². The molecule has 1 aromatic rings. The number of hydrogen-bond acceptors (Lipinski definition) is 12. The van der Waals surface area contributed by atoms with Crippen molar-refractivity contribution in [1.29, 1.82) is 0 Å². The highest BCUT2D eigenvalue weighted by Gasteiger charge is 2.54. The van der Waals surface area contributed by atoms with Crippen LogP contribution < -0.4 is 11.1 Å². The summed E-state index contributed by atoms with van der Waals surface area (Å²) in [5, 5.41) is 25.6. The van der Waals surface area contributed by atoms with Crippen molar-refractivity contribution < 1.29 is 43.8 Å². The molecular formula is C19H21N5O9S2. The zero-order valence-electron chi connectivity index (χ0n) is 18.4. The Hall–Kier alpha value is -3.66. The molecule has 16 heteroatoms. The van der Waals surface area contributed by atoms with E-state index in [1.807, 2.05) is 0 Å². The van der Waals surface area contributed by atoms with Crippen molar-refractivity contribution in [3.63, 3.8) is 0 Å². The number of carboxylic acid groups (broad SMARTS) is 2. The Morgan fingerprint density at radius 2 is 2.09 bits per heavy atom. The summed E-state index contributed by atoms with van der Waals surface area (Å²) < 4.78 is 4.88. The van der Waals surface area contributed by atoms with Crippen molar-refractivity contribution in [2.75, 3.05) is 18.1 Å². The van der Waals surface area contributed by atoms with Gasteiger partial charge in [-0.2, -0.15) is 0 Å². The predicted molar refractivity (Wildman–Crippen MR) is 122 cm³/mol. The Labute approximate surface area is 206 Å². The number of carboxylic acids is 2. The van der Waals surface area contributed by atoms with Crippen molar-refractivity contribution in [1.82, 2.24) is 15.2 Å². The smallest absolute Gasteiger partial charge is 0.352 e. The zero-order chi connectivity index (χ0) is 25.9. The summed E-state index contributed by atoms with van der Waals surface area (Å²) in [6, 6.07) is -1.07. The van der Waals surface area contributed by atoms with E-state index in [0.717, 1.165) is 16.2 Å². The van der Waals surface area contributed by atoms with Gasteiger partial charge in [0.15, 0.2) is 10.8 Å². The lowest BCUT2D eigenvalue weighted by molar-refractivity contribution is -0.150. The third-order valence-corrected chi connectivity index (χ3v) is 6.77. The average Bonchev–Trinajstić information content (AvgIpc) is 3.20. The van der Waals surface area contributed by atoms with E-state index >= 15 is 0 Å². The SMILES string of the molecule is CC(=O)OCC1=C(C(=O)O)N2C(=O)C(NC(=O)/C(=N\OC(C)CC(=O)O)c3csc(N)n3)C2SC1. The number of oxime groups is 1. The molecule has 0 bridgehead atoms. The van der Waals surface area contributed by atoms with E-state index in [0.29, 0.717) is 0 Å². The van der Waals surface area contributed by atoms with Gasteiger partial charge in [-0.1, -0.05) is 5.16 Å². The second-order valence-electron chi connectivity index (χ2n) is 7.42. The number of ether oxygens (including phenoxy) is 1. The Kier molecular flexibility index (Phi) is 7.96. The summed E-state index contributed by atoms with van der Waals surface area (Å²) in [5.41, 5.74) is 5.33. The van der Waals surface area contributed by atoms with Crippen LogP contribution in [0, 0.1) is 0 Å². The lowest BCUT2D eigenvalue weighted by Gasteiger charge is -2.49. The van der Waals surface area contributed by atoms with Crippen molar-refractivity contribution in [2.45, 2.75) is 37.8 Å². The fraction of sp³-hybridized carbons (Fsp3) is 0.421. The highest BCUT2D eigenvalue weighted by atomic mass is 32.2. The number of β-lactam (4-membered cyclic amide) rings is 1. The molecular weight excluding hydrogens is 506 g/mol. The minimum atomic E-state index is -1.36. The Morgan fingerprint density at radius 1 is 1.37 bits per heavy atom. The number of thiazole rings is 1. The standard InChI is InChI=1S/C19H21N5O9S2/c1-7(3-11(26)27)33-23-12(10-6-35-19(20)21-10)15(28)22-13-16(29)24-14(18(30)31)9(4-32-8(2)25)5-34-17(13)24/h6-7,13,17H,3-5H2,1-2H3,(H2,20,21)(H,22,28)(H,26,27)(H,30,31)/b23-12-. The Balaban J connectivity index is 1.78. The molecule has 1 aromatic heterocycles. The number of fused-ring (bicyclic) bond motifs is 1. The highest BCUT2D eigenvalue weighted by Crippen LogP contribution is 2.40. The normalized spacial score (nSPS) is 20.5. The summed E-state index contributed by atoms with van der Waals surface area (Å²) in [7, 11) is 0. The minimum absolute atomic E-state index is 0.0576. The van der Waals surface area contributed by atoms with E-state index in [4.69, 9.17) is 20.4 Å². The van der Waals surface area contributed by atoms with Crippen LogP contribution in [-0.2, 0) is 33.5 Å². The zero-order valence-corrected chi connectivity index (χ0v) is 20.1. The van der Waals surface area contributed by atoms with E-state index < -0.39 is 47.2 Å². The molecule has 0 aromatic carbocycles. The number of nitrogens with zero attached hydrogens (tertiary/aromatic N) is 3. The molecule has 3 atom stereocenters. The quantitative estimate of drug-likeness (QED) is 0.133. The van der Waals surface area contributed by atoms with Crippen LogP contribution in [0.5, 0.6) is 0 Å². The average molecular weight is 528 g/mol. The number of nitrogens with one attached hydrogen (secondary N) is 1. The molecule has 35 heavy (non-hydrogen) atoms. The van der Waals surface area contributed by atoms with Crippen LogP contribution in [0.15, 0.2) is 21.8 Å². The fourth-order valence-corrected chi connectivity index (χ4v) is 5.09. The molecule has 1 saturated heterocycles. The van der Waals surface area contributed by atoms with Crippen LogP contribution in [0.3, 0.4) is 0 Å². The summed E-state index contributed by atoms with van der Waals surface area (Å²) in [6.45, 7) is 2.36. The monoisotopic (exact) mass is 527 g/mol. The molecule has 1 fully saturated rings. The maximum atomic E-state index is 13.0. The maximum absolute atomic E-state index is 13.0. The second-order valence-corrected chi connectivity index (χ2v) is 9.42. The molecule has 0 aliphatic carbocycles. The molecule has 2 aliphatic heterocycles. The van der Waals surface area contributed by atoms with Gasteiger partial charge < -0.3 is 30.8 Å². The van der Waals surface area contributed by atoms with Crippen LogP contribution in [0.4, 0.5) is 5.13 Å². The van der Waals surface area contributed by atoms with Crippen molar-refractivity contribution in [2.24, 2.45) is 5.16 Å². The van der Waals surface area contributed by atoms with Gasteiger partial charge in [-0.25, -0.2) is 9.78 Å². The van der Waals surface area contributed by atoms with E-state index in [-0.39, 0.29) is 46.6 Å². The number of aromatic nitrogens is 1. The largest absolute Gasteiger partial charge is 0.481 e. The van der Waals surface area contributed by atoms with E-state index in [1.165, 1.54) is 31.0 Å². The summed E-state index contributed by atoms with van der Waals surface area (Å²) in [6.07, 6.45) is -1.23. The van der Waals surface area contributed by atoms with Gasteiger partial charge in [0.2, 0.25) is 0 Å². The summed E-state index contributed by atoms with van der Waals surface area (Å²) in [5.74, 6) is -4.44. The van der Waals surface area contributed by atoms with Gasteiger partial charge in [0.05, 0.1) is 6.42 Å². The Bertz CT molecular complexity index is 1130. The number of nitrogens with two attached hydrogens (primary N) is 1. The molecule has 0 radical (unpaired) electrons. The van der Waals surface area contributed by atoms with E-state index in [1.54, 1.807) is 0 Å². The van der Waals surface area contributed by atoms with Crippen LogP contribution in [-0.4, -0.2) is 85.4 Å². The van der Waals surface area contributed by atoms with Gasteiger partial charge in [-0.3, -0.25) is 24.1 Å². The number of hydrogen-bond donors (Lipinski definition) is 4. The second kappa shape index (κ2) is 10.7. The molecule has 14 nitrogen and oxygen atoms in total. The number of carbonyl (C=O) groups is 5. The molecule has 188 valence electrons. The van der Waals surface area contributed by atoms with E-state index in [2.05, 4.69) is 15.5 Å². The molecule has 0 saturated carbocycles. The maximum Gasteiger partial charge on any atom is 0.352 e. The molecule has 2 aliphatic rings. The van der Waals surface area contributed by atoms with Gasteiger partial charge in [0.25, 0.3) is 11.8 Å². The van der Waals surface area contributed by atoms with Gasteiger partial charge >= 0.3 is 17.9 Å². The first-order valence-corrected chi connectivity index (χ1v) is 11.9. The van der Waals surface area contributed by atoms with Crippen LogP contribution >= 0.6 is 23.1 Å². The number of esters is 1. The van der Waals surface area contributed by atoms with Gasteiger partial charge in [0.1, 0.15) is 35.5 Å². The summed E-state index contributed by atoms with van der Waals surface area (Å²) in [4.78, 5) is 69.7. The van der Waals surface area contributed by atoms with Crippen molar-refractivity contribution in [3.8, 4) is 0 Å². The predicted octanol–water partition coefficient (Wildman–Crippen LogP) is -0.389. The van der Waals surface area contributed by atoms with Gasteiger partial charge in [0, 0.05) is 23.6 Å². The third kappa shape index (κ3) is 5.89. The Morgan fingerprint density at radius 3 is 2.66 bits per heavy atom. The highest BCUT2D eigenvalue weighted by molar-refractivity contribution is 8.00. The number of nitrogen functional groups attached to an aromatic ring is 1. The lowest BCUT2D eigenvalue weighted by Crippen LogP contribution is -2.71. The fourth-order valence-electron chi connectivity index (χ4n) is 3.22. The van der Waals surface area contributed by atoms with Crippen molar-refractivity contribution in [3.05, 3.63) is 22.3 Å². The number of anilines is 1. The molecule has 3 unspecified atom stereocenters. The molecule has 3 heterocycles. The first-order valence-electron chi connectivity index (χ1n) is 10.0. The van der Waals surface area contributed by atoms with Crippen LogP contribution in [0.2, 0.25) is 0 Å². The minimum Gasteiger partial charge on any atom is -0.481 e. The number of thioether (sulfide) groups is 1. The topological polar surface area (TPSA) is 211 Å². The van der Waals surface area contributed by atoms with Crippen LogP contribution in [0.1, 0.15) is 26.0 Å². The number of amides is 2. The number of rotatable bonds is 10. The number of aliphatic carboxylic acids is 2. The lowest BCUT2D eigenvalue weighted by atomic mass is 10.0. The third-order valence-electron chi connectivity index (χ3n) is 4.75. The molecule has 5 N–H and O–H groups in total. The first-order chi connectivity index (χ1) is 16.5. The summed E-state index contributed by atoms with van der Waals surface area (Å²) >= 11 is 2.22. The van der Waals surface area contributed by atoms with Crippen molar-refractivity contribution >= 4 is 63.7 Å². The first kappa shape index (κ1) is 26.0. The molecule has 0 spiro atoms. The van der Waals surface area contributed by atoms with Crippen LogP contribution in [0.25, 0.3) is 0 Å². The van der Waals surface area contributed by atoms with E-state index in [9.17, 15) is 29.1 Å².